The molecular weight excluding hydrogens is 402 g/mol. The van der Waals surface area contributed by atoms with Crippen LogP contribution in [0.5, 0.6) is 0 Å². The van der Waals surface area contributed by atoms with Crippen LogP contribution >= 0.6 is 0 Å². The Morgan fingerprint density at radius 3 is 2.97 bits per heavy atom. The van der Waals surface area contributed by atoms with Gasteiger partial charge in [0.1, 0.15) is 17.8 Å². The van der Waals surface area contributed by atoms with Crippen molar-refractivity contribution in [2.75, 3.05) is 18.4 Å². The van der Waals surface area contributed by atoms with Crippen molar-refractivity contribution in [2.24, 2.45) is 10.9 Å². The average molecular weight is 422 g/mol. The number of aromatic amines is 1. The van der Waals surface area contributed by atoms with Gasteiger partial charge in [-0.05, 0) is 48.1 Å². The lowest BCUT2D eigenvalue weighted by molar-refractivity contribution is -0.169. The Labute approximate surface area is 176 Å². The summed E-state index contributed by atoms with van der Waals surface area (Å²) in [4.78, 5) is 30.5. The summed E-state index contributed by atoms with van der Waals surface area (Å²) in [5.41, 5.74) is 5.93. The van der Waals surface area contributed by atoms with Gasteiger partial charge in [0.2, 0.25) is 5.91 Å². The summed E-state index contributed by atoms with van der Waals surface area (Å²) < 4.78 is 26.4. The van der Waals surface area contributed by atoms with Gasteiger partial charge in [0.25, 0.3) is 5.92 Å². The van der Waals surface area contributed by atoms with E-state index in [4.69, 9.17) is 0 Å². The Hall–Kier alpha value is -3.36. The zero-order valence-electron chi connectivity index (χ0n) is 16.7. The predicted molar refractivity (Wildman–Crippen MR) is 112 cm³/mol. The summed E-state index contributed by atoms with van der Waals surface area (Å²) >= 11 is 0. The first-order chi connectivity index (χ1) is 15.0. The molecule has 1 unspecified atom stereocenters. The molecule has 2 N–H and O–H groups in total. The molecule has 9 heteroatoms. The van der Waals surface area contributed by atoms with Crippen molar-refractivity contribution in [3.8, 4) is 0 Å². The molecule has 1 fully saturated rings. The second-order valence-electron chi connectivity index (χ2n) is 8.53. The molecule has 158 valence electrons. The molecule has 0 saturated carbocycles. The smallest absolute Gasteiger partial charge is 0.282 e. The number of likely N-dealkylation sites (tertiary alicyclic amines) is 1. The Balaban J connectivity index is 1.31. The number of alkyl halides is 2. The fourth-order valence-electron chi connectivity index (χ4n) is 4.79. The van der Waals surface area contributed by atoms with Gasteiger partial charge >= 0.3 is 0 Å². The summed E-state index contributed by atoms with van der Waals surface area (Å²) in [5.74, 6) is -2.56. The van der Waals surface area contributed by atoms with Crippen molar-refractivity contribution >= 4 is 34.7 Å². The maximum absolute atomic E-state index is 13.2. The molecule has 0 bridgehead atoms. The molecule has 0 spiro atoms. The van der Waals surface area contributed by atoms with Crippen LogP contribution in [0.3, 0.4) is 0 Å². The molecule has 3 aliphatic rings. The van der Waals surface area contributed by atoms with Crippen LogP contribution in [0, 0.1) is 5.92 Å². The van der Waals surface area contributed by atoms with Crippen LogP contribution in [0.25, 0.3) is 11.0 Å². The monoisotopic (exact) mass is 422 g/mol. The molecule has 2 aromatic heterocycles. The van der Waals surface area contributed by atoms with Gasteiger partial charge in [-0.25, -0.2) is 18.7 Å². The number of fused-ring (bicyclic) bond motifs is 4. The summed E-state index contributed by atoms with van der Waals surface area (Å²) in [5, 5.41) is 4.24. The average Bonchev–Trinajstić information content (AvgIpc) is 3.35. The Kier molecular flexibility index (Phi) is 3.90. The van der Waals surface area contributed by atoms with Gasteiger partial charge in [-0.1, -0.05) is 6.07 Å². The molecular formula is C22H20F2N6O. The van der Waals surface area contributed by atoms with Crippen molar-refractivity contribution in [1.29, 1.82) is 0 Å². The van der Waals surface area contributed by atoms with E-state index in [-0.39, 0.29) is 11.8 Å². The fourth-order valence-corrected chi connectivity index (χ4v) is 4.79. The third kappa shape index (κ3) is 3.07. The summed E-state index contributed by atoms with van der Waals surface area (Å²) in [6.07, 6.45) is 5.19. The number of hydrogen-bond acceptors (Lipinski definition) is 5. The van der Waals surface area contributed by atoms with E-state index >= 15 is 0 Å². The van der Waals surface area contributed by atoms with Crippen LogP contribution in [-0.2, 0) is 24.2 Å². The van der Waals surface area contributed by atoms with Gasteiger partial charge in [0, 0.05) is 23.5 Å². The molecule has 1 atom stereocenters. The number of nitrogens with one attached hydrogen (secondary N) is 2. The number of aromatic nitrogens is 3. The normalized spacial score (nSPS) is 21.0. The Morgan fingerprint density at radius 2 is 2.13 bits per heavy atom. The van der Waals surface area contributed by atoms with Crippen molar-refractivity contribution in [1.82, 2.24) is 19.9 Å². The number of rotatable bonds is 3. The van der Waals surface area contributed by atoms with E-state index in [1.807, 2.05) is 24.4 Å². The first-order valence-corrected chi connectivity index (χ1v) is 10.4. The van der Waals surface area contributed by atoms with Gasteiger partial charge in [-0.2, -0.15) is 0 Å². The highest BCUT2D eigenvalue weighted by Gasteiger charge is 2.48. The minimum atomic E-state index is -2.75. The largest absolute Gasteiger partial charge is 0.343 e. The Bertz CT molecular complexity index is 1240. The third-order valence-electron chi connectivity index (χ3n) is 6.38. The van der Waals surface area contributed by atoms with E-state index in [2.05, 4.69) is 25.3 Å². The highest BCUT2D eigenvalue weighted by Crippen LogP contribution is 2.37. The molecule has 2 aliphatic heterocycles. The van der Waals surface area contributed by atoms with Gasteiger partial charge in [0.15, 0.2) is 0 Å². The first kappa shape index (κ1) is 18.4. The molecule has 1 amide bonds. The lowest BCUT2D eigenvalue weighted by atomic mass is 9.85. The molecule has 1 saturated heterocycles. The van der Waals surface area contributed by atoms with E-state index in [0.29, 0.717) is 37.3 Å². The van der Waals surface area contributed by atoms with Gasteiger partial charge in [-0.15, -0.1) is 0 Å². The SMILES string of the molecule is O=C(C1CCc2[nH]c3ncnc(Nc4ccc5c(c4)C=NC5)c3c2C1)N1CC(F)(F)C1. The van der Waals surface area contributed by atoms with Crippen molar-refractivity contribution in [2.45, 2.75) is 31.7 Å². The van der Waals surface area contributed by atoms with Gasteiger partial charge in [-0.3, -0.25) is 9.79 Å². The quantitative estimate of drug-likeness (QED) is 0.679. The summed E-state index contributed by atoms with van der Waals surface area (Å²) in [6.45, 7) is -0.238. The van der Waals surface area contributed by atoms with Crippen molar-refractivity contribution < 1.29 is 13.6 Å². The fraction of sp³-hybridized carbons (Fsp3) is 0.364. The zero-order valence-corrected chi connectivity index (χ0v) is 16.7. The van der Waals surface area contributed by atoms with Crippen molar-refractivity contribution in [3.63, 3.8) is 0 Å². The van der Waals surface area contributed by atoms with E-state index in [9.17, 15) is 13.6 Å². The van der Waals surface area contributed by atoms with Crippen LogP contribution in [-0.4, -0.2) is 51.0 Å². The minimum Gasteiger partial charge on any atom is -0.343 e. The second-order valence-corrected chi connectivity index (χ2v) is 8.53. The lowest BCUT2D eigenvalue weighted by Gasteiger charge is -2.41. The predicted octanol–water partition coefficient (Wildman–Crippen LogP) is 3.22. The van der Waals surface area contributed by atoms with E-state index in [0.717, 1.165) is 27.9 Å². The number of H-pyrrole nitrogens is 1. The third-order valence-corrected chi connectivity index (χ3v) is 6.38. The van der Waals surface area contributed by atoms with E-state index in [1.165, 1.54) is 16.8 Å². The highest BCUT2D eigenvalue weighted by molar-refractivity contribution is 5.95. The summed E-state index contributed by atoms with van der Waals surface area (Å²) in [7, 11) is 0. The number of aliphatic imine (C=N–C) groups is 1. The number of aryl methyl sites for hydroxylation is 1. The first-order valence-electron chi connectivity index (χ1n) is 10.4. The number of halogens is 2. The molecule has 31 heavy (non-hydrogen) atoms. The molecule has 4 heterocycles. The van der Waals surface area contributed by atoms with E-state index in [1.54, 1.807) is 0 Å². The minimum absolute atomic E-state index is 0.185. The van der Waals surface area contributed by atoms with Crippen LogP contribution in [0.2, 0.25) is 0 Å². The Morgan fingerprint density at radius 1 is 1.26 bits per heavy atom. The van der Waals surface area contributed by atoms with Crippen LogP contribution in [0.4, 0.5) is 20.3 Å². The maximum Gasteiger partial charge on any atom is 0.282 e. The number of amides is 1. The van der Waals surface area contributed by atoms with Crippen molar-refractivity contribution in [3.05, 3.63) is 46.9 Å². The lowest BCUT2D eigenvalue weighted by Crippen LogP contribution is -2.60. The van der Waals surface area contributed by atoms with Gasteiger partial charge in [0.05, 0.1) is 25.0 Å². The topological polar surface area (TPSA) is 86.3 Å². The van der Waals surface area contributed by atoms with Gasteiger partial charge < -0.3 is 15.2 Å². The number of carbonyl (C=O) groups excluding carboxylic acids is 1. The zero-order chi connectivity index (χ0) is 21.2. The number of nitrogens with zero attached hydrogens (tertiary/aromatic N) is 4. The van der Waals surface area contributed by atoms with Crippen LogP contribution < -0.4 is 5.32 Å². The van der Waals surface area contributed by atoms with Crippen LogP contribution in [0.15, 0.2) is 29.5 Å². The molecule has 7 nitrogen and oxygen atoms in total. The molecule has 3 aromatic rings. The highest BCUT2D eigenvalue weighted by atomic mass is 19.3. The molecule has 1 aliphatic carbocycles. The molecule has 6 rings (SSSR count). The number of hydrogen-bond donors (Lipinski definition) is 2. The van der Waals surface area contributed by atoms with E-state index < -0.39 is 19.0 Å². The number of benzene rings is 1. The summed E-state index contributed by atoms with van der Waals surface area (Å²) in [6, 6.07) is 6.08. The number of anilines is 2. The molecule has 0 radical (unpaired) electrons. The number of carbonyl (C=O) groups is 1. The maximum atomic E-state index is 13.2. The van der Waals surface area contributed by atoms with Crippen LogP contribution in [0.1, 0.15) is 28.8 Å². The second kappa shape index (κ2) is 6.57. The molecule has 1 aromatic carbocycles. The standard InChI is InChI=1S/C22H20F2N6O/c23-22(24)9-30(10-22)21(31)12-2-4-17-16(6-12)18-19(26-11-27-20(18)29-17)28-15-3-1-13-7-25-8-14(13)5-15/h1,3,5,8,11-12H,2,4,6-7,9-10H2,(H2,26,27,28,29).